The number of benzene rings is 4. The molecule has 0 saturated heterocycles. The van der Waals surface area contributed by atoms with Crippen LogP contribution in [0, 0.1) is 13.8 Å². The summed E-state index contributed by atoms with van der Waals surface area (Å²) in [6.07, 6.45) is 0. The molecule has 0 atom stereocenters. The number of para-hydroxylation sites is 1. The normalized spacial score (nSPS) is 11.1. The average molecular weight is 466 g/mol. The Morgan fingerprint density at radius 2 is 1.65 bits per heavy atom. The molecule has 1 heterocycles. The van der Waals surface area contributed by atoms with Crippen LogP contribution in [0.5, 0.6) is 0 Å². The molecule has 5 aromatic rings. The van der Waals surface area contributed by atoms with Crippen molar-refractivity contribution < 1.29 is 4.79 Å². The van der Waals surface area contributed by atoms with E-state index in [-0.39, 0.29) is 17.2 Å². The van der Waals surface area contributed by atoms with Gasteiger partial charge in [-0.2, -0.15) is 0 Å². The van der Waals surface area contributed by atoms with Crippen LogP contribution in [0.2, 0.25) is 0 Å². The summed E-state index contributed by atoms with van der Waals surface area (Å²) in [5.41, 5.74) is 4.18. The van der Waals surface area contributed by atoms with Crippen molar-refractivity contribution in [2.75, 3.05) is 11.1 Å². The molecule has 34 heavy (non-hydrogen) atoms. The number of carbonyl (C=O) groups excluding carboxylic acids is 1. The summed E-state index contributed by atoms with van der Waals surface area (Å²) in [6, 6.07) is 27.0. The Morgan fingerprint density at radius 1 is 0.882 bits per heavy atom. The molecule has 0 radical (unpaired) electrons. The molecular weight excluding hydrogens is 442 g/mol. The summed E-state index contributed by atoms with van der Waals surface area (Å²) in [6.45, 7) is 4.05. The summed E-state index contributed by atoms with van der Waals surface area (Å²) < 4.78 is 1.60. The molecule has 0 aliphatic heterocycles. The van der Waals surface area contributed by atoms with E-state index in [0.717, 1.165) is 33.3 Å². The van der Waals surface area contributed by atoms with E-state index in [1.54, 1.807) is 10.6 Å². The SMILES string of the molecule is Cc1ccc(-n2c(SCC(=O)Nc3ccc4ccccc4c3)nc3ccccc3c2=O)cc1C. The molecule has 0 fully saturated rings. The number of rotatable bonds is 5. The fourth-order valence-corrected chi connectivity index (χ4v) is 4.71. The van der Waals surface area contributed by atoms with Gasteiger partial charge in [-0.15, -0.1) is 0 Å². The largest absolute Gasteiger partial charge is 0.325 e. The molecule has 0 aliphatic carbocycles. The van der Waals surface area contributed by atoms with Crippen molar-refractivity contribution in [3.05, 3.63) is 106 Å². The maximum absolute atomic E-state index is 13.4. The lowest BCUT2D eigenvalue weighted by Crippen LogP contribution is -2.23. The Morgan fingerprint density at radius 3 is 2.47 bits per heavy atom. The first kappa shape index (κ1) is 21.9. The van der Waals surface area contributed by atoms with Gasteiger partial charge in [0.05, 0.1) is 22.3 Å². The first-order valence-corrected chi connectivity index (χ1v) is 12.0. The zero-order valence-electron chi connectivity index (χ0n) is 18.9. The van der Waals surface area contributed by atoms with Crippen molar-refractivity contribution in [1.29, 1.82) is 0 Å². The Balaban J connectivity index is 1.45. The zero-order valence-corrected chi connectivity index (χ0v) is 19.7. The average Bonchev–Trinajstić information content (AvgIpc) is 2.85. The van der Waals surface area contributed by atoms with Gasteiger partial charge in [0, 0.05) is 5.69 Å². The lowest BCUT2D eigenvalue weighted by atomic mass is 10.1. The van der Waals surface area contributed by atoms with Crippen molar-refractivity contribution in [3.63, 3.8) is 0 Å². The van der Waals surface area contributed by atoms with Gasteiger partial charge in [0.25, 0.3) is 5.56 Å². The van der Waals surface area contributed by atoms with Gasteiger partial charge < -0.3 is 5.32 Å². The van der Waals surface area contributed by atoms with E-state index in [0.29, 0.717) is 16.1 Å². The Kier molecular flexibility index (Phi) is 5.90. The molecule has 0 unspecified atom stereocenters. The van der Waals surface area contributed by atoms with Crippen LogP contribution in [0.4, 0.5) is 5.69 Å². The van der Waals surface area contributed by atoms with Crippen molar-refractivity contribution >= 4 is 45.0 Å². The molecular formula is C28H23N3O2S. The first-order chi connectivity index (χ1) is 16.5. The number of aromatic nitrogens is 2. The second-order valence-electron chi connectivity index (χ2n) is 8.22. The fraction of sp³-hybridized carbons (Fsp3) is 0.107. The minimum absolute atomic E-state index is 0.127. The van der Waals surface area contributed by atoms with Crippen molar-refractivity contribution in [2.24, 2.45) is 0 Å². The minimum atomic E-state index is -0.158. The van der Waals surface area contributed by atoms with Crippen LogP contribution in [0.3, 0.4) is 0 Å². The molecule has 4 aromatic carbocycles. The molecule has 6 heteroatoms. The van der Waals surface area contributed by atoms with Crippen LogP contribution >= 0.6 is 11.8 Å². The van der Waals surface area contributed by atoms with Crippen LogP contribution < -0.4 is 10.9 Å². The molecule has 1 aromatic heterocycles. The Bertz CT molecular complexity index is 1610. The van der Waals surface area contributed by atoms with Gasteiger partial charge in [0.1, 0.15) is 0 Å². The molecule has 5 nitrogen and oxygen atoms in total. The van der Waals surface area contributed by atoms with E-state index in [1.807, 2.05) is 92.7 Å². The van der Waals surface area contributed by atoms with E-state index < -0.39 is 0 Å². The second-order valence-corrected chi connectivity index (χ2v) is 9.16. The van der Waals surface area contributed by atoms with E-state index in [1.165, 1.54) is 11.8 Å². The van der Waals surface area contributed by atoms with Crippen LogP contribution in [-0.4, -0.2) is 21.2 Å². The summed E-state index contributed by atoms with van der Waals surface area (Å²) in [7, 11) is 0. The van der Waals surface area contributed by atoms with Crippen molar-refractivity contribution in [3.8, 4) is 5.69 Å². The van der Waals surface area contributed by atoms with Gasteiger partial charge in [0.15, 0.2) is 5.16 Å². The molecule has 0 saturated carbocycles. The Labute approximate surface area is 201 Å². The van der Waals surface area contributed by atoms with Gasteiger partial charge in [-0.1, -0.05) is 60.3 Å². The Hall–Kier alpha value is -3.90. The topological polar surface area (TPSA) is 64.0 Å². The monoisotopic (exact) mass is 465 g/mol. The van der Waals surface area contributed by atoms with E-state index in [2.05, 4.69) is 5.32 Å². The third kappa shape index (κ3) is 4.32. The van der Waals surface area contributed by atoms with Crippen LogP contribution in [0.15, 0.2) is 94.9 Å². The van der Waals surface area contributed by atoms with Crippen molar-refractivity contribution in [2.45, 2.75) is 19.0 Å². The van der Waals surface area contributed by atoms with Crippen LogP contribution in [0.25, 0.3) is 27.4 Å². The molecule has 0 bridgehead atoms. The summed E-state index contributed by atoms with van der Waals surface area (Å²) >= 11 is 1.25. The van der Waals surface area contributed by atoms with Gasteiger partial charge in [0.2, 0.25) is 5.91 Å². The van der Waals surface area contributed by atoms with Gasteiger partial charge >= 0.3 is 0 Å². The number of anilines is 1. The van der Waals surface area contributed by atoms with E-state index >= 15 is 0 Å². The second kappa shape index (κ2) is 9.15. The number of amides is 1. The molecule has 168 valence electrons. The van der Waals surface area contributed by atoms with Gasteiger partial charge in [-0.3, -0.25) is 14.2 Å². The highest BCUT2D eigenvalue weighted by Gasteiger charge is 2.15. The predicted octanol–water partition coefficient (Wildman–Crippen LogP) is 5.89. The lowest BCUT2D eigenvalue weighted by Gasteiger charge is -2.14. The fourth-order valence-electron chi connectivity index (χ4n) is 3.90. The molecule has 0 spiro atoms. The third-order valence-electron chi connectivity index (χ3n) is 5.86. The quantitative estimate of drug-likeness (QED) is 0.260. The van der Waals surface area contributed by atoms with Crippen molar-refractivity contribution in [1.82, 2.24) is 9.55 Å². The van der Waals surface area contributed by atoms with Crippen LogP contribution in [-0.2, 0) is 4.79 Å². The van der Waals surface area contributed by atoms with E-state index in [4.69, 9.17) is 4.98 Å². The smallest absolute Gasteiger partial charge is 0.266 e. The summed E-state index contributed by atoms with van der Waals surface area (Å²) in [4.78, 5) is 30.9. The van der Waals surface area contributed by atoms with Gasteiger partial charge in [-0.25, -0.2) is 4.98 Å². The summed E-state index contributed by atoms with van der Waals surface area (Å²) in [5.74, 6) is -0.0306. The number of thioether (sulfide) groups is 1. The number of fused-ring (bicyclic) bond motifs is 2. The first-order valence-electron chi connectivity index (χ1n) is 11.0. The maximum atomic E-state index is 13.4. The number of nitrogens with zero attached hydrogens (tertiary/aromatic N) is 2. The minimum Gasteiger partial charge on any atom is -0.325 e. The number of aryl methyl sites for hydroxylation is 2. The lowest BCUT2D eigenvalue weighted by molar-refractivity contribution is -0.113. The van der Waals surface area contributed by atoms with Gasteiger partial charge in [-0.05, 0) is 72.1 Å². The third-order valence-corrected chi connectivity index (χ3v) is 6.80. The molecule has 0 aliphatic rings. The zero-order chi connectivity index (χ0) is 23.7. The number of carbonyl (C=O) groups is 1. The molecule has 1 N–H and O–H groups in total. The molecule has 5 rings (SSSR count). The molecule has 1 amide bonds. The standard InChI is InChI=1S/C28H23N3O2S/c1-18-11-14-23(15-19(18)2)31-27(33)24-9-5-6-10-25(24)30-28(31)34-17-26(32)29-22-13-12-20-7-3-4-8-21(20)16-22/h3-16H,17H2,1-2H3,(H,29,32). The summed E-state index contributed by atoms with van der Waals surface area (Å²) in [5, 5.41) is 6.17. The maximum Gasteiger partial charge on any atom is 0.266 e. The highest BCUT2D eigenvalue weighted by atomic mass is 32.2. The predicted molar refractivity (Wildman–Crippen MR) is 140 cm³/mol. The highest BCUT2D eigenvalue weighted by molar-refractivity contribution is 7.99. The highest BCUT2D eigenvalue weighted by Crippen LogP contribution is 2.24. The number of hydrogen-bond acceptors (Lipinski definition) is 4. The van der Waals surface area contributed by atoms with Crippen LogP contribution in [0.1, 0.15) is 11.1 Å². The number of nitrogens with one attached hydrogen (secondary N) is 1. The number of hydrogen-bond donors (Lipinski definition) is 1. The van der Waals surface area contributed by atoms with E-state index in [9.17, 15) is 9.59 Å².